The summed E-state index contributed by atoms with van der Waals surface area (Å²) in [5, 5.41) is 10.3. The number of hydrogen-bond acceptors (Lipinski definition) is 5. The van der Waals surface area contributed by atoms with Gasteiger partial charge in [0.1, 0.15) is 6.33 Å². The van der Waals surface area contributed by atoms with Crippen LogP contribution in [0.5, 0.6) is 0 Å². The van der Waals surface area contributed by atoms with E-state index in [2.05, 4.69) is 20.7 Å². The third-order valence-corrected chi connectivity index (χ3v) is 4.79. The molecular formula is C20H21N5O2S. The number of thioether (sulfide) groups is 1. The van der Waals surface area contributed by atoms with Crippen molar-refractivity contribution >= 4 is 29.3 Å². The minimum Gasteiger partial charge on any atom is -0.346 e. The van der Waals surface area contributed by atoms with Crippen LogP contribution in [-0.4, -0.2) is 38.9 Å². The van der Waals surface area contributed by atoms with Crippen molar-refractivity contribution in [2.45, 2.75) is 18.5 Å². The summed E-state index contributed by atoms with van der Waals surface area (Å²) in [6.45, 7) is 1.94. The Morgan fingerprint density at radius 2 is 1.79 bits per heavy atom. The monoisotopic (exact) mass is 395 g/mol. The summed E-state index contributed by atoms with van der Waals surface area (Å²) in [7, 11) is 0. The normalized spacial score (nSPS) is 10.5. The Balaban J connectivity index is 1.43. The van der Waals surface area contributed by atoms with Crippen molar-refractivity contribution in [3.05, 3.63) is 66.5 Å². The molecule has 0 radical (unpaired) electrons. The number of anilines is 1. The van der Waals surface area contributed by atoms with Gasteiger partial charge in [0.05, 0.1) is 18.0 Å². The minimum atomic E-state index is -0.259. The van der Waals surface area contributed by atoms with Gasteiger partial charge in [0.25, 0.3) is 0 Å². The predicted octanol–water partition coefficient (Wildman–Crippen LogP) is 2.68. The van der Waals surface area contributed by atoms with Crippen LogP contribution in [0.15, 0.2) is 66.1 Å². The van der Waals surface area contributed by atoms with Crippen LogP contribution in [0.4, 0.5) is 5.69 Å². The van der Waals surface area contributed by atoms with E-state index >= 15 is 0 Å². The molecule has 3 rings (SSSR count). The molecule has 1 aromatic heterocycles. The highest BCUT2D eigenvalue weighted by atomic mass is 32.2. The van der Waals surface area contributed by atoms with Crippen molar-refractivity contribution in [1.82, 2.24) is 20.1 Å². The van der Waals surface area contributed by atoms with E-state index in [0.717, 1.165) is 23.4 Å². The zero-order chi connectivity index (χ0) is 19.8. The maximum atomic E-state index is 12.1. The van der Waals surface area contributed by atoms with Crippen LogP contribution < -0.4 is 10.6 Å². The van der Waals surface area contributed by atoms with Gasteiger partial charge in [-0.2, -0.15) is 0 Å². The number of carbonyl (C=O) groups is 2. The Bertz CT molecular complexity index is 943. The van der Waals surface area contributed by atoms with E-state index in [1.807, 2.05) is 61.5 Å². The first kappa shape index (κ1) is 19.6. The average Bonchev–Trinajstić information content (AvgIpc) is 3.21. The van der Waals surface area contributed by atoms with Crippen molar-refractivity contribution in [2.24, 2.45) is 0 Å². The molecular weight excluding hydrogens is 374 g/mol. The molecule has 0 aliphatic rings. The molecule has 28 heavy (non-hydrogen) atoms. The van der Waals surface area contributed by atoms with Gasteiger partial charge in [-0.3, -0.25) is 9.59 Å². The highest BCUT2D eigenvalue weighted by Crippen LogP contribution is 2.15. The summed E-state index contributed by atoms with van der Waals surface area (Å²) in [5.74, 6) is -0.372. The van der Waals surface area contributed by atoms with Crippen molar-refractivity contribution in [1.29, 1.82) is 0 Å². The molecule has 0 bridgehead atoms. The topological polar surface area (TPSA) is 88.9 Å². The number of benzene rings is 2. The van der Waals surface area contributed by atoms with Crippen LogP contribution in [0.2, 0.25) is 0 Å². The molecule has 0 saturated heterocycles. The van der Waals surface area contributed by atoms with Gasteiger partial charge in [-0.05, 0) is 30.2 Å². The standard InChI is InChI=1S/C20H21N5O2S/c1-2-15-8-6-7-11-17(15)23-18(26)12-21-19(27)13-28-20-22-14-25(24-20)16-9-4-3-5-10-16/h3-11,14H,2,12-13H2,1H3,(H,21,27)(H,23,26). The fourth-order valence-electron chi connectivity index (χ4n) is 2.52. The van der Waals surface area contributed by atoms with Crippen LogP contribution in [0.1, 0.15) is 12.5 Å². The molecule has 3 aromatic rings. The average molecular weight is 395 g/mol. The molecule has 2 amide bonds. The van der Waals surface area contributed by atoms with Crippen LogP contribution >= 0.6 is 11.8 Å². The number of nitrogens with zero attached hydrogens (tertiary/aromatic N) is 3. The Morgan fingerprint density at radius 1 is 1.04 bits per heavy atom. The summed E-state index contributed by atoms with van der Waals surface area (Å²) in [6, 6.07) is 17.2. The molecule has 1 heterocycles. The zero-order valence-electron chi connectivity index (χ0n) is 15.5. The maximum absolute atomic E-state index is 12.1. The first-order valence-electron chi connectivity index (χ1n) is 8.90. The van der Waals surface area contributed by atoms with E-state index in [1.165, 1.54) is 11.8 Å². The van der Waals surface area contributed by atoms with Gasteiger partial charge in [-0.1, -0.05) is 55.1 Å². The molecule has 0 atom stereocenters. The lowest BCUT2D eigenvalue weighted by molar-refractivity contribution is -0.122. The molecule has 0 aliphatic heterocycles. The smallest absolute Gasteiger partial charge is 0.243 e. The lowest BCUT2D eigenvalue weighted by Gasteiger charge is -2.10. The van der Waals surface area contributed by atoms with Gasteiger partial charge in [-0.25, -0.2) is 9.67 Å². The largest absolute Gasteiger partial charge is 0.346 e. The fourth-order valence-corrected chi connectivity index (χ4v) is 3.15. The molecule has 0 unspecified atom stereocenters. The third-order valence-electron chi connectivity index (χ3n) is 3.94. The second kappa shape index (κ2) is 9.70. The highest BCUT2D eigenvalue weighted by Gasteiger charge is 2.10. The van der Waals surface area contributed by atoms with Crippen molar-refractivity contribution in [2.75, 3.05) is 17.6 Å². The SMILES string of the molecule is CCc1ccccc1NC(=O)CNC(=O)CSc1ncn(-c2ccccc2)n1. The molecule has 2 aromatic carbocycles. The van der Waals surface area contributed by atoms with E-state index in [-0.39, 0.29) is 24.1 Å². The number of aryl methyl sites for hydroxylation is 1. The van der Waals surface area contributed by atoms with Gasteiger partial charge in [0, 0.05) is 5.69 Å². The van der Waals surface area contributed by atoms with Crippen LogP contribution in [-0.2, 0) is 16.0 Å². The second-order valence-electron chi connectivity index (χ2n) is 5.93. The van der Waals surface area contributed by atoms with Crippen LogP contribution in [0, 0.1) is 0 Å². The van der Waals surface area contributed by atoms with Crippen molar-refractivity contribution in [3.63, 3.8) is 0 Å². The van der Waals surface area contributed by atoms with Crippen LogP contribution in [0.25, 0.3) is 5.69 Å². The number of rotatable bonds is 8. The summed E-state index contributed by atoms with van der Waals surface area (Å²) in [6.07, 6.45) is 2.43. The quantitative estimate of drug-likeness (QED) is 0.573. The van der Waals surface area contributed by atoms with Gasteiger partial charge in [0.2, 0.25) is 17.0 Å². The lowest BCUT2D eigenvalue weighted by Crippen LogP contribution is -2.34. The van der Waals surface area contributed by atoms with Gasteiger partial charge < -0.3 is 10.6 Å². The molecule has 0 saturated carbocycles. The van der Waals surface area contributed by atoms with E-state index < -0.39 is 0 Å². The number of amides is 2. The minimum absolute atomic E-state index is 0.0800. The number of carbonyl (C=O) groups excluding carboxylic acids is 2. The van der Waals surface area contributed by atoms with E-state index in [0.29, 0.717) is 5.16 Å². The van der Waals surface area contributed by atoms with E-state index in [9.17, 15) is 9.59 Å². The molecule has 0 aliphatic carbocycles. The fraction of sp³-hybridized carbons (Fsp3) is 0.200. The maximum Gasteiger partial charge on any atom is 0.243 e. The molecule has 2 N–H and O–H groups in total. The number of nitrogens with one attached hydrogen (secondary N) is 2. The highest BCUT2D eigenvalue weighted by molar-refractivity contribution is 7.99. The lowest BCUT2D eigenvalue weighted by atomic mass is 10.1. The second-order valence-corrected chi connectivity index (χ2v) is 6.87. The number of hydrogen-bond donors (Lipinski definition) is 2. The molecule has 144 valence electrons. The van der Waals surface area contributed by atoms with Gasteiger partial charge in [0.15, 0.2) is 0 Å². The molecule has 7 nitrogen and oxygen atoms in total. The predicted molar refractivity (Wildman–Crippen MR) is 110 cm³/mol. The van der Waals surface area contributed by atoms with Gasteiger partial charge >= 0.3 is 0 Å². The Kier molecular flexibility index (Phi) is 6.80. The number of para-hydroxylation sites is 2. The first-order chi connectivity index (χ1) is 13.7. The summed E-state index contributed by atoms with van der Waals surface area (Å²) >= 11 is 1.22. The van der Waals surface area contributed by atoms with E-state index in [1.54, 1.807) is 11.0 Å². The summed E-state index contributed by atoms with van der Waals surface area (Å²) in [5.41, 5.74) is 2.72. The van der Waals surface area contributed by atoms with E-state index in [4.69, 9.17) is 0 Å². The van der Waals surface area contributed by atoms with Crippen molar-refractivity contribution < 1.29 is 9.59 Å². The Labute approximate surface area is 167 Å². The number of aromatic nitrogens is 3. The Morgan fingerprint density at radius 3 is 2.57 bits per heavy atom. The molecule has 0 fully saturated rings. The van der Waals surface area contributed by atoms with Crippen molar-refractivity contribution in [3.8, 4) is 5.69 Å². The first-order valence-corrected chi connectivity index (χ1v) is 9.88. The van der Waals surface area contributed by atoms with Crippen LogP contribution in [0.3, 0.4) is 0 Å². The third kappa shape index (κ3) is 5.43. The molecule has 0 spiro atoms. The Hall–Kier alpha value is -3.13. The summed E-state index contributed by atoms with van der Waals surface area (Å²) in [4.78, 5) is 28.2. The molecule has 8 heteroatoms. The van der Waals surface area contributed by atoms with Gasteiger partial charge in [-0.15, -0.1) is 5.10 Å². The summed E-state index contributed by atoms with van der Waals surface area (Å²) < 4.78 is 1.65. The zero-order valence-corrected chi connectivity index (χ0v) is 16.3.